The fraction of sp³-hybridized carbons (Fsp3) is 0.417. The van der Waals surface area contributed by atoms with Crippen LogP contribution in [0.4, 0.5) is 9.18 Å². The number of fused-ring (bicyclic) bond motifs is 2. The van der Waals surface area contributed by atoms with Gasteiger partial charge in [-0.1, -0.05) is 81.4 Å². The molecule has 9 heteroatoms. The summed E-state index contributed by atoms with van der Waals surface area (Å²) < 4.78 is 35.1. The Balaban J connectivity index is 1.41. The van der Waals surface area contributed by atoms with Gasteiger partial charge in [-0.15, -0.1) is 0 Å². The van der Waals surface area contributed by atoms with Gasteiger partial charge in [0, 0.05) is 18.9 Å². The third kappa shape index (κ3) is 5.72. The van der Waals surface area contributed by atoms with Crippen molar-refractivity contribution < 1.29 is 27.6 Å². The fourth-order valence-corrected chi connectivity index (χ4v) is 11.7. The molecular formula is C36H41FN2O5Si. The van der Waals surface area contributed by atoms with Gasteiger partial charge < -0.3 is 18.4 Å². The first-order valence-electron chi connectivity index (χ1n) is 15.6. The Morgan fingerprint density at radius 1 is 1.00 bits per heavy atom. The van der Waals surface area contributed by atoms with Crippen molar-refractivity contribution in [3.05, 3.63) is 89.6 Å². The van der Waals surface area contributed by atoms with Crippen LogP contribution in [0.1, 0.15) is 71.0 Å². The van der Waals surface area contributed by atoms with Gasteiger partial charge in [0.15, 0.2) is 11.4 Å². The SMILES string of the molecule is CC(C)(C)OC(=O)N1C[C@H](O[Si](c2ccccc2)(c2ccccc2)C(C)(C)C)C[C@H]1c1nc2cc3c(c(F)c2o1)CC(C=O)C3. The lowest BCUT2D eigenvalue weighted by Crippen LogP contribution is -2.67. The van der Waals surface area contributed by atoms with E-state index in [-0.39, 0.29) is 35.1 Å². The van der Waals surface area contributed by atoms with Gasteiger partial charge in [0.1, 0.15) is 23.4 Å². The predicted molar refractivity (Wildman–Crippen MR) is 174 cm³/mol. The zero-order chi connectivity index (χ0) is 32.1. The number of hydrogen-bond acceptors (Lipinski definition) is 6. The number of aldehydes is 1. The van der Waals surface area contributed by atoms with Gasteiger partial charge in [-0.2, -0.15) is 0 Å². The number of oxazole rings is 1. The van der Waals surface area contributed by atoms with E-state index in [9.17, 15) is 9.59 Å². The molecule has 1 amide bonds. The molecule has 2 heterocycles. The number of rotatable bonds is 6. The molecule has 6 rings (SSSR count). The van der Waals surface area contributed by atoms with Gasteiger partial charge in [0.05, 0.1) is 6.10 Å². The van der Waals surface area contributed by atoms with Crippen LogP contribution in [-0.2, 0) is 26.8 Å². The quantitative estimate of drug-likeness (QED) is 0.179. The number of ether oxygens (including phenoxy) is 1. The van der Waals surface area contributed by atoms with Crippen LogP contribution in [-0.4, -0.2) is 48.8 Å². The minimum absolute atomic E-state index is 0.0517. The van der Waals surface area contributed by atoms with E-state index in [2.05, 4.69) is 45.0 Å². The van der Waals surface area contributed by atoms with Gasteiger partial charge in [0.25, 0.3) is 8.32 Å². The van der Waals surface area contributed by atoms with Crippen LogP contribution in [0.2, 0.25) is 5.04 Å². The predicted octanol–water partition coefficient (Wildman–Crippen LogP) is 6.51. The summed E-state index contributed by atoms with van der Waals surface area (Å²) in [5.74, 6) is -0.469. The van der Waals surface area contributed by atoms with Crippen molar-refractivity contribution >= 4 is 42.2 Å². The van der Waals surface area contributed by atoms with Crippen molar-refractivity contribution in [3.8, 4) is 0 Å². The smallest absolute Gasteiger partial charge is 0.411 e. The summed E-state index contributed by atoms with van der Waals surface area (Å²) in [6.07, 6.45) is 1.25. The Hall–Kier alpha value is -3.82. The van der Waals surface area contributed by atoms with Crippen LogP contribution in [0, 0.1) is 11.7 Å². The summed E-state index contributed by atoms with van der Waals surface area (Å²) in [6.45, 7) is 12.4. The number of likely N-dealkylation sites (tertiary alicyclic amines) is 1. The first-order valence-corrected chi connectivity index (χ1v) is 17.6. The summed E-state index contributed by atoms with van der Waals surface area (Å²) in [5.41, 5.74) is 0.997. The normalized spacial score (nSPS) is 20.4. The van der Waals surface area contributed by atoms with Crippen molar-refractivity contribution in [2.24, 2.45) is 5.92 Å². The monoisotopic (exact) mass is 628 g/mol. The van der Waals surface area contributed by atoms with Gasteiger partial charge in [-0.05, 0) is 66.2 Å². The summed E-state index contributed by atoms with van der Waals surface area (Å²) >= 11 is 0. The Labute approximate surface area is 264 Å². The van der Waals surface area contributed by atoms with E-state index in [0.29, 0.717) is 30.3 Å². The lowest BCUT2D eigenvalue weighted by Gasteiger charge is -2.44. The molecule has 0 radical (unpaired) electrons. The van der Waals surface area contributed by atoms with E-state index in [1.165, 1.54) is 0 Å². The van der Waals surface area contributed by atoms with Crippen LogP contribution < -0.4 is 10.4 Å². The van der Waals surface area contributed by atoms with Crippen molar-refractivity contribution in [1.82, 2.24) is 9.88 Å². The lowest BCUT2D eigenvalue weighted by atomic mass is 10.1. The molecule has 3 aromatic carbocycles. The lowest BCUT2D eigenvalue weighted by molar-refractivity contribution is -0.110. The maximum Gasteiger partial charge on any atom is 0.411 e. The summed E-state index contributed by atoms with van der Waals surface area (Å²) in [7, 11) is -2.94. The number of halogens is 1. The largest absolute Gasteiger partial charge is 0.444 e. The van der Waals surface area contributed by atoms with E-state index >= 15 is 4.39 Å². The molecule has 236 valence electrons. The van der Waals surface area contributed by atoms with Gasteiger partial charge in [-0.3, -0.25) is 4.90 Å². The minimum Gasteiger partial charge on any atom is -0.444 e. The van der Waals surface area contributed by atoms with Crippen molar-refractivity contribution in [2.75, 3.05) is 6.54 Å². The van der Waals surface area contributed by atoms with E-state index in [1.54, 1.807) is 4.90 Å². The van der Waals surface area contributed by atoms with Crippen molar-refractivity contribution in [3.63, 3.8) is 0 Å². The highest BCUT2D eigenvalue weighted by molar-refractivity contribution is 6.99. The highest BCUT2D eigenvalue weighted by Gasteiger charge is 2.54. The van der Waals surface area contributed by atoms with Crippen LogP contribution in [0.5, 0.6) is 0 Å². The van der Waals surface area contributed by atoms with Crippen LogP contribution >= 0.6 is 0 Å². The van der Waals surface area contributed by atoms with E-state index in [4.69, 9.17) is 18.6 Å². The molecule has 1 unspecified atom stereocenters. The van der Waals surface area contributed by atoms with E-state index in [0.717, 1.165) is 22.2 Å². The molecule has 1 aromatic heterocycles. The number of nitrogens with zero attached hydrogens (tertiary/aromatic N) is 2. The van der Waals surface area contributed by atoms with Crippen molar-refractivity contribution in [2.45, 2.75) is 83.6 Å². The number of amides is 1. The summed E-state index contributed by atoms with van der Waals surface area (Å²) in [4.78, 5) is 31.4. The molecule has 1 aliphatic carbocycles. The Bertz CT molecular complexity index is 1670. The van der Waals surface area contributed by atoms with E-state index < -0.39 is 31.9 Å². The molecule has 45 heavy (non-hydrogen) atoms. The third-order valence-electron chi connectivity index (χ3n) is 8.91. The molecule has 4 aromatic rings. The molecule has 1 aliphatic heterocycles. The number of hydrogen-bond donors (Lipinski definition) is 0. The molecule has 0 N–H and O–H groups in total. The Morgan fingerprint density at radius 3 is 2.18 bits per heavy atom. The van der Waals surface area contributed by atoms with E-state index in [1.807, 2.05) is 63.2 Å². The standard InChI is InChI=1S/C36H41FN2O5Si/c1-35(2,3)43-34(41)39-21-25(44-45(36(4,5)6,26-13-9-7-10-14-26)27-15-11-8-12-16-27)20-30(39)33-38-29-19-24-17-23(22-40)18-28(24)31(37)32(29)42-33/h7-16,19,22-23,25,30H,17-18,20-21H2,1-6H3/t23?,25-,30+/m1/s1. The molecule has 0 bridgehead atoms. The van der Waals surface area contributed by atoms with Gasteiger partial charge in [-0.25, -0.2) is 14.2 Å². The fourth-order valence-electron chi connectivity index (χ4n) is 6.97. The molecular weight excluding hydrogens is 587 g/mol. The Morgan fingerprint density at radius 2 is 1.62 bits per heavy atom. The Kier molecular flexibility index (Phi) is 7.98. The summed E-state index contributed by atoms with van der Waals surface area (Å²) in [5, 5.41) is 2.02. The zero-order valence-corrected chi connectivity index (χ0v) is 27.8. The molecule has 1 saturated heterocycles. The first-order chi connectivity index (χ1) is 21.3. The van der Waals surface area contributed by atoms with Gasteiger partial charge in [0.2, 0.25) is 5.89 Å². The van der Waals surface area contributed by atoms with Crippen LogP contribution in [0.3, 0.4) is 0 Å². The average molecular weight is 629 g/mol. The molecule has 3 atom stereocenters. The second-order valence-electron chi connectivity index (χ2n) is 14.3. The van der Waals surface area contributed by atoms with Crippen LogP contribution in [0.25, 0.3) is 11.1 Å². The average Bonchev–Trinajstić information content (AvgIpc) is 3.72. The maximum atomic E-state index is 15.7. The molecule has 2 aliphatic rings. The summed E-state index contributed by atoms with van der Waals surface area (Å²) in [6, 6.07) is 21.9. The maximum absolute atomic E-state index is 15.7. The van der Waals surface area contributed by atoms with Crippen molar-refractivity contribution in [1.29, 1.82) is 0 Å². The van der Waals surface area contributed by atoms with Gasteiger partial charge >= 0.3 is 6.09 Å². The number of carbonyl (C=O) groups is 2. The first kappa shape index (κ1) is 31.2. The minimum atomic E-state index is -2.94. The highest BCUT2D eigenvalue weighted by atomic mass is 28.4. The molecule has 0 saturated carbocycles. The second-order valence-corrected chi connectivity index (χ2v) is 18.6. The number of benzene rings is 3. The number of aromatic nitrogens is 1. The molecule has 0 spiro atoms. The second kappa shape index (κ2) is 11.5. The molecule has 1 fully saturated rings. The van der Waals surface area contributed by atoms with Crippen LogP contribution in [0.15, 0.2) is 71.1 Å². The number of carbonyl (C=O) groups excluding carboxylic acids is 2. The molecule has 7 nitrogen and oxygen atoms in total. The third-order valence-corrected chi connectivity index (χ3v) is 14.0. The topological polar surface area (TPSA) is 81.9 Å². The zero-order valence-electron chi connectivity index (χ0n) is 26.8. The highest BCUT2D eigenvalue weighted by Crippen LogP contribution is 2.43.